The highest BCUT2D eigenvalue weighted by atomic mass is 31.1. The number of hydrogen-bond donors (Lipinski definition) is 1. The molecule has 0 spiro atoms. The minimum atomic E-state index is -2.27. The normalized spacial score (nSPS) is 11.1. The fraction of sp³-hybridized carbons (Fsp3) is 0.250. The molecule has 1 N–H and O–H groups in total. The molecule has 0 fully saturated rings. The zero-order valence-electron chi connectivity index (χ0n) is 7.54. The highest BCUT2D eigenvalue weighted by molar-refractivity contribution is 7.33. The summed E-state index contributed by atoms with van der Waals surface area (Å²) in [6.07, 6.45) is 0. The molecule has 0 saturated heterocycles. The molecule has 14 heavy (non-hydrogen) atoms. The van der Waals surface area contributed by atoms with Gasteiger partial charge in [0.2, 0.25) is 0 Å². The highest BCUT2D eigenvalue weighted by Crippen LogP contribution is 2.26. The van der Waals surface area contributed by atoms with Gasteiger partial charge in [0, 0.05) is 10.1 Å². The van der Waals surface area contributed by atoms with Crippen molar-refractivity contribution in [2.24, 2.45) is 0 Å². The Morgan fingerprint density at radius 2 is 2.14 bits per heavy atom. The Kier molecular flexibility index (Phi) is 4.49. The van der Waals surface area contributed by atoms with Crippen molar-refractivity contribution in [2.75, 3.05) is 7.11 Å². The van der Waals surface area contributed by atoms with Crippen molar-refractivity contribution in [1.29, 1.82) is 0 Å². The molecule has 0 radical (unpaired) electrons. The van der Waals surface area contributed by atoms with Crippen LogP contribution in [0.15, 0.2) is 24.3 Å². The molecule has 1 rings (SSSR count). The van der Waals surface area contributed by atoms with E-state index in [2.05, 4.69) is 9.20 Å². The third-order valence-electron chi connectivity index (χ3n) is 1.48. The lowest BCUT2D eigenvalue weighted by Crippen LogP contribution is -1.94. The van der Waals surface area contributed by atoms with Gasteiger partial charge < -0.3 is 5.11 Å². The SMILES string of the molecule is CO[P+](=O)OOc1ccccc1CO. The molecule has 0 aliphatic rings. The average molecular weight is 217 g/mol. The van der Waals surface area contributed by atoms with Gasteiger partial charge in [-0.1, -0.05) is 18.2 Å². The first-order valence-corrected chi connectivity index (χ1v) is 4.92. The second-order valence-electron chi connectivity index (χ2n) is 2.33. The van der Waals surface area contributed by atoms with Crippen LogP contribution in [0.25, 0.3) is 0 Å². The molecule has 1 aromatic carbocycles. The van der Waals surface area contributed by atoms with Gasteiger partial charge in [-0.25, -0.2) is 0 Å². The number of benzene rings is 1. The summed E-state index contributed by atoms with van der Waals surface area (Å²) in [5, 5.41) is 8.90. The molecule has 0 amide bonds. The smallest absolute Gasteiger partial charge is 0.392 e. The molecular formula is C8H10O5P+. The minimum Gasteiger partial charge on any atom is -0.392 e. The van der Waals surface area contributed by atoms with Crippen molar-refractivity contribution in [3.8, 4) is 5.75 Å². The lowest BCUT2D eigenvalue weighted by molar-refractivity contribution is -0.105. The van der Waals surface area contributed by atoms with E-state index in [1.54, 1.807) is 24.3 Å². The molecule has 0 aromatic heterocycles. The van der Waals surface area contributed by atoms with Crippen molar-refractivity contribution in [3.05, 3.63) is 29.8 Å². The van der Waals surface area contributed by atoms with Crippen molar-refractivity contribution in [2.45, 2.75) is 6.61 Å². The Hall–Kier alpha value is -1.00. The predicted octanol–water partition coefficient (Wildman–Crippen LogP) is 1.79. The largest absolute Gasteiger partial charge is 0.738 e. The monoisotopic (exact) mass is 217 g/mol. The van der Waals surface area contributed by atoms with Crippen molar-refractivity contribution >= 4 is 8.25 Å². The van der Waals surface area contributed by atoms with Gasteiger partial charge in [0.25, 0.3) is 0 Å². The molecule has 0 aliphatic heterocycles. The second-order valence-corrected chi connectivity index (χ2v) is 3.29. The summed E-state index contributed by atoms with van der Waals surface area (Å²) in [5.74, 6) is 0.315. The number of hydrogen-bond acceptors (Lipinski definition) is 5. The van der Waals surface area contributed by atoms with Crippen LogP contribution < -0.4 is 4.89 Å². The third-order valence-corrected chi connectivity index (χ3v) is 1.97. The fourth-order valence-corrected chi connectivity index (χ4v) is 1.02. The Bertz CT molecular complexity index is 314. The lowest BCUT2D eigenvalue weighted by atomic mass is 10.2. The van der Waals surface area contributed by atoms with E-state index in [0.717, 1.165) is 0 Å². The van der Waals surface area contributed by atoms with E-state index < -0.39 is 8.25 Å². The maximum absolute atomic E-state index is 10.7. The summed E-state index contributed by atoms with van der Waals surface area (Å²) in [6, 6.07) is 6.70. The first kappa shape index (κ1) is 11.1. The summed E-state index contributed by atoms with van der Waals surface area (Å²) in [5.41, 5.74) is 0.548. The van der Waals surface area contributed by atoms with Crippen LogP contribution in [-0.4, -0.2) is 12.2 Å². The molecule has 0 aliphatic carbocycles. The Labute approximate surface area is 82.1 Å². The van der Waals surface area contributed by atoms with Gasteiger partial charge in [0.15, 0.2) is 5.75 Å². The van der Waals surface area contributed by atoms with Gasteiger partial charge in [-0.05, 0) is 6.07 Å². The van der Waals surface area contributed by atoms with Crippen LogP contribution >= 0.6 is 8.25 Å². The van der Waals surface area contributed by atoms with E-state index in [9.17, 15) is 4.57 Å². The number of rotatable bonds is 5. The number of aliphatic hydroxyl groups is 1. The van der Waals surface area contributed by atoms with E-state index in [1.165, 1.54) is 7.11 Å². The van der Waals surface area contributed by atoms with Gasteiger partial charge >= 0.3 is 8.25 Å². The summed E-state index contributed by atoms with van der Waals surface area (Å²) in [7, 11) is -1.04. The second kappa shape index (κ2) is 5.67. The van der Waals surface area contributed by atoms with E-state index >= 15 is 0 Å². The van der Waals surface area contributed by atoms with Gasteiger partial charge in [-0.15, -0.1) is 4.52 Å². The van der Waals surface area contributed by atoms with Crippen LogP contribution in [0, 0.1) is 0 Å². The van der Waals surface area contributed by atoms with Gasteiger partial charge in [-0.2, -0.15) is 0 Å². The molecule has 5 nitrogen and oxygen atoms in total. The number of aliphatic hydroxyl groups excluding tert-OH is 1. The molecular weight excluding hydrogens is 207 g/mol. The first-order valence-electron chi connectivity index (χ1n) is 3.82. The molecule has 6 heteroatoms. The quantitative estimate of drug-likeness (QED) is 0.462. The van der Waals surface area contributed by atoms with Gasteiger partial charge in [-0.3, -0.25) is 4.89 Å². The molecule has 0 bridgehead atoms. The van der Waals surface area contributed by atoms with Crippen molar-refractivity contribution in [1.82, 2.24) is 0 Å². The maximum Gasteiger partial charge on any atom is 0.738 e. The van der Waals surface area contributed by atoms with Gasteiger partial charge in [0.1, 0.15) is 4.67 Å². The van der Waals surface area contributed by atoms with Crippen LogP contribution in [0.2, 0.25) is 0 Å². The van der Waals surface area contributed by atoms with Gasteiger partial charge in [0.05, 0.1) is 13.7 Å². The highest BCUT2D eigenvalue weighted by Gasteiger charge is 2.20. The van der Waals surface area contributed by atoms with E-state index in [0.29, 0.717) is 11.3 Å². The number of para-hydroxylation sites is 1. The lowest BCUT2D eigenvalue weighted by Gasteiger charge is -2.01. The first-order chi connectivity index (χ1) is 6.77. The van der Waals surface area contributed by atoms with Crippen LogP contribution in [0.4, 0.5) is 0 Å². The van der Waals surface area contributed by atoms with Crippen LogP contribution in [0.1, 0.15) is 5.56 Å². The zero-order valence-corrected chi connectivity index (χ0v) is 8.44. The molecule has 76 valence electrons. The van der Waals surface area contributed by atoms with E-state index in [4.69, 9.17) is 9.99 Å². The van der Waals surface area contributed by atoms with Crippen molar-refractivity contribution in [3.63, 3.8) is 0 Å². The maximum atomic E-state index is 10.7. The molecule has 1 unspecified atom stereocenters. The molecule has 0 saturated carbocycles. The van der Waals surface area contributed by atoms with Crippen LogP contribution in [0.5, 0.6) is 5.75 Å². The Morgan fingerprint density at radius 3 is 2.79 bits per heavy atom. The molecule has 1 atom stereocenters. The standard InChI is InChI=1S/C8H10O5P/c1-11-14(10)13-12-8-5-3-2-4-7(8)6-9/h2-5,9H,6H2,1H3/q+1. The topological polar surface area (TPSA) is 65.0 Å². The minimum absolute atomic E-state index is 0.177. The van der Waals surface area contributed by atoms with E-state index in [-0.39, 0.29) is 6.61 Å². The summed E-state index contributed by atoms with van der Waals surface area (Å²) >= 11 is 0. The Morgan fingerprint density at radius 1 is 1.43 bits per heavy atom. The predicted molar refractivity (Wildman–Crippen MR) is 48.7 cm³/mol. The van der Waals surface area contributed by atoms with Crippen molar-refractivity contribution < 1.29 is 23.8 Å². The summed E-state index contributed by atoms with van der Waals surface area (Å²) in [6.45, 7) is -0.177. The summed E-state index contributed by atoms with van der Waals surface area (Å²) in [4.78, 5) is 4.71. The molecule has 0 heterocycles. The van der Waals surface area contributed by atoms with Crippen LogP contribution in [0.3, 0.4) is 0 Å². The third kappa shape index (κ3) is 3.05. The zero-order chi connectivity index (χ0) is 10.4. The Balaban J connectivity index is 2.61. The fourth-order valence-electron chi connectivity index (χ4n) is 0.817. The summed E-state index contributed by atoms with van der Waals surface area (Å²) < 4.78 is 19.4. The van der Waals surface area contributed by atoms with Crippen LogP contribution in [-0.2, 0) is 20.4 Å². The average Bonchev–Trinajstić information content (AvgIpc) is 2.26. The molecule has 1 aromatic rings. The van der Waals surface area contributed by atoms with E-state index in [1.807, 2.05) is 0 Å².